The monoisotopic (exact) mass is 419 g/mol. The van der Waals surface area contributed by atoms with E-state index in [2.05, 4.69) is 22.6 Å². The van der Waals surface area contributed by atoms with Crippen molar-refractivity contribution in [3.05, 3.63) is 63.2 Å². The van der Waals surface area contributed by atoms with Gasteiger partial charge in [-0.05, 0) is 65.8 Å². The minimum atomic E-state index is -0.289. The molecule has 2 aromatic rings. The Morgan fingerprint density at radius 3 is 2.17 bits per heavy atom. The Morgan fingerprint density at radius 2 is 1.57 bits per heavy atom. The summed E-state index contributed by atoms with van der Waals surface area (Å²) in [6.07, 6.45) is 0.604. The smallest absolute Gasteiger partial charge is 0.238 e. The van der Waals surface area contributed by atoms with Gasteiger partial charge in [-0.2, -0.15) is 0 Å². The maximum absolute atomic E-state index is 12.8. The van der Waals surface area contributed by atoms with Crippen molar-refractivity contribution >= 4 is 40.1 Å². The van der Waals surface area contributed by atoms with Gasteiger partial charge in [0.1, 0.15) is 0 Å². The van der Waals surface area contributed by atoms with E-state index in [-0.39, 0.29) is 23.7 Å². The molecule has 1 heterocycles. The number of nitrogens with zero attached hydrogens (tertiary/aromatic N) is 1. The number of halogens is 1. The highest BCUT2D eigenvalue weighted by atomic mass is 127. The van der Waals surface area contributed by atoms with Gasteiger partial charge in [-0.25, -0.2) is 0 Å². The highest BCUT2D eigenvalue weighted by molar-refractivity contribution is 14.1. The van der Waals surface area contributed by atoms with Gasteiger partial charge in [0, 0.05) is 9.49 Å². The number of rotatable bonds is 3. The summed E-state index contributed by atoms with van der Waals surface area (Å²) in [5.41, 5.74) is 2.95. The van der Waals surface area contributed by atoms with Gasteiger partial charge in [-0.3, -0.25) is 14.5 Å². The fourth-order valence-corrected chi connectivity index (χ4v) is 3.31. The quantitative estimate of drug-likeness (QED) is 0.558. The van der Waals surface area contributed by atoms with Crippen LogP contribution in [0.15, 0.2) is 48.5 Å². The molecule has 2 atom stereocenters. The van der Waals surface area contributed by atoms with Crippen molar-refractivity contribution < 1.29 is 9.59 Å². The van der Waals surface area contributed by atoms with Crippen molar-refractivity contribution in [1.29, 1.82) is 0 Å². The van der Waals surface area contributed by atoms with E-state index >= 15 is 0 Å². The molecule has 4 heteroatoms. The van der Waals surface area contributed by atoms with Gasteiger partial charge in [0.25, 0.3) is 0 Å². The van der Waals surface area contributed by atoms with Crippen LogP contribution >= 0.6 is 22.6 Å². The van der Waals surface area contributed by atoms with Crippen LogP contribution in [0, 0.1) is 22.3 Å². The Kier molecular flexibility index (Phi) is 4.53. The molecule has 3 rings (SSSR count). The lowest BCUT2D eigenvalue weighted by atomic mass is 9.90. The number of amides is 2. The molecule has 0 saturated carbocycles. The molecule has 0 bridgehead atoms. The van der Waals surface area contributed by atoms with Crippen molar-refractivity contribution in [1.82, 2.24) is 0 Å². The normalized spacial score (nSPS) is 21.1. The number of aryl methyl sites for hydroxylation is 1. The lowest BCUT2D eigenvalue weighted by Gasteiger charge is -2.15. The van der Waals surface area contributed by atoms with E-state index in [4.69, 9.17) is 0 Å². The molecule has 0 aliphatic carbocycles. The van der Waals surface area contributed by atoms with Crippen LogP contribution in [0.25, 0.3) is 0 Å². The predicted molar refractivity (Wildman–Crippen MR) is 99.2 cm³/mol. The number of imide groups is 1. The van der Waals surface area contributed by atoms with Gasteiger partial charge in [0.15, 0.2) is 0 Å². The Labute approximate surface area is 149 Å². The van der Waals surface area contributed by atoms with E-state index in [0.717, 1.165) is 9.13 Å². The zero-order valence-electron chi connectivity index (χ0n) is 13.1. The van der Waals surface area contributed by atoms with Gasteiger partial charge in [-0.15, -0.1) is 0 Å². The highest BCUT2D eigenvalue weighted by Gasteiger charge is 2.45. The summed E-state index contributed by atoms with van der Waals surface area (Å²) in [6.45, 7) is 3.89. The fourth-order valence-electron chi connectivity index (χ4n) is 2.95. The topological polar surface area (TPSA) is 37.4 Å². The van der Waals surface area contributed by atoms with Gasteiger partial charge in [-0.1, -0.05) is 36.8 Å². The van der Waals surface area contributed by atoms with Gasteiger partial charge < -0.3 is 0 Å². The number of carbonyl (C=O) groups is 2. The average Bonchev–Trinajstić information content (AvgIpc) is 2.74. The summed E-state index contributed by atoms with van der Waals surface area (Å²) in [7, 11) is 0. The zero-order valence-corrected chi connectivity index (χ0v) is 15.3. The number of hydrogen-bond donors (Lipinski definition) is 0. The first-order valence-electron chi connectivity index (χ1n) is 7.66. The van der Waals surface area contributed by atoms with Crippen molar-refractivity contribution in [2.45, 2.75) is 20.3 Å². The van der Waals surface area contributed by atoms with Crippen molar-refractivity contribution in [3.8, 4) is 0 Å². The molecule has 1 fully saturated rings. The maximum Gasteiger partial charge on any atom is 0.238 e. The second kappa shape index (κ2) is 6.43. The Morgan fingerprint density at radius 1 is 0.957 bits per heavy atom. The molecule has 0 radical (unpaired) electrons. The van der Waals surface area contributed by atoms with Crippen LogP contribution in [0.5, 0.6) is 0 Å². The van der Waals surface area contributed by atoms with E-state index < -0.39 is 0 Å². The molecule has 0 spiro atoms. The molecular formula is C19H18INO2. The van der Waals surface area contributed by atoms with Crippen LogP contribution in [0.4, 0.5) is 5.69 Å². The number of hydrogen-bond acceptors (Lipinski definition) is 2. The van der Waals surface area contributed by atoms with Crippen LogP contribution in [0.3, 0.4) is 0 Å². The molecule has 1 saturated heterocycles. The van der Waals surface area contributed by atoms with Crippen molar-refractivity contribution in [2.24, 2.45) is 11.8 Å². The Balaban J connectivity index is 1.85. The minimum Gasteiger partial charge on any atom is -0.274 e. The molecule has 1 aliphatic rings. The molecule has 2 aromatic carbocycles. The summed E-state index contributed by atoms with van der Waals surface area (Å²) >= 11 is 2.21. The lowest BCUT2D eigenvalue weighted by Crippen LogP contribution is -2.31. The fraction of sp³-hybridized carbons (Fsp3) is 0.263. The van der Waals surface area contributed by atoms with Crippen LogP contribution in [0.1, 0.15) is 18.1 Å². The summed E-state index contributed by atoms with van der Waals surface area (Å²) in [4.78, 5) is 26.7. The van der Waals surface area contributed by atoms with E-state index in [1.165, 1.54) is 10.5 Å². The molecular weight excluding hydrogens is 401 g/mol. The third-order valence-corrected chi connectivity index (χ3v) is 5.13. The molecule has 0 aromatic heterocycles. The second-order valence-corrected chi connectivity index (χ2v) is 7.32. The molecule has 3 nitrogen and oxygen atoms in total. The Hall–Kier alpha value is -1.69. The van der Waals surface area contributed by atoms with Crippen molar-refractivity contribution in [2.75, 3.05) is 4.90 Å². The Bertz CT molecular complexity index is 737. The van der Waals surface area contributed by atoms with Gasteiger partial charge >= 0.3 is 0 Å². The number of benzene rings is 2. The van der Waals surface area contributed by atoms with Crippen LogP contribution in [-0.2, 0) is 16.0 Å². The first-order chi connectivity index (χ1) is 11.0. The summed E-state index contributed by atoms with van der Waals surface area (Å²) in [6, 6.07) is 15.6. The average molecular weight is 419 g/mol. The van der Waals surface area contributed by atoms with E-state index in [1.807, 2.05) is 62.4 Å². The molecule has 0 unspecified atom stereocenters. The maximum atomic E-state index is 12.8. The van der Waals surface area contributed by atoms with E-state index in [9.17, 15) is 9.59 Å². The SMILES string of the molecule is Cc1ccc(C[C@@H]2C(=O)N(c3ccc(I)cc3)C(=O)[C@@H]2C)cc1. The molecule has 1 aliphatic heterocycles. The first kappa shape index (κ1) is 16.2. The molecule has 0 N–H and O–H groups in total. The predicted octanol–water partition coefficient (Wildman–Crippen LogP) is 3.97. The number of anilines is 1. The minimum absolute atomic E-state index is 0.0933. The highest BCUT2D eigenvalue weighted by Crippen LogP contribution is 2.33. The van der Waals surface area contributed by atoms with Gasteiger partial charge in [0.2, 0.25) is 11.8 Å². The first-order valence-corrected chi connectivity index (χ1v) is 8.74. The summed E-state index contributed by atoms with van der Waals surface area (Å²) in [5.74, 6) is -0.773. The van der Waals surface area contributed by atoms with E-state index in [0.29, 0.717) is 12.1 Å². The second-order valence-electron chi connectivity index (χ2n) is 6.07. The summed E-state index contributed by atoms with van der Waals surface area (Å²) in [5, 5.41) is 0. The number of carbonyl (C=O) groups excluding carboxylic acids is 2. The van der Waals surface area contributed by atoms with Crippen LogP contribution < -0.4 is 4.90 Å². The van der Waals surface area contributed by atoms with Crippen LogP contribution in [0.2, 0.25) is 0 Å². The lowest BCUT2D eigenvalue weighted by molar-refractivity contribution is -0.122. The third kappa shape index (κ3) is 3.17. The standard InChI is InChI=1S/C19H18INO2/c1-12-3-5-14(6-4-12)11-17-13(2)18(22)21(19(17)23)16-9-7-15(20)8-10-16/h3-10,13,17H,11H2,1-2H3/t13-,17+/m1/s1. The van der Waals surface area contributed by atoms with E-state index in [1.54, 1.807) is 0 Å². The molecule has 118 valence electrons. The largest absolute Gasteiger partial charge is 0.274 e. The van der Waals surface area contributed by atoms with Crippen LogP contribution in [-0.4, -0.2) is 11.8 Å². The molecule has 23 heavy (non-hydrogen) atoms. The summed E-state index contributed by atoms with van der Waals surface area (Å²) < 4.78 is 1.08. The molecule has 2 amide bonds. The van der Waals surface area contributed by atoms with Gasteiger partial charge in [0.05, 0.1) is 11.6 Å². The van der Waals surface area contributed by atoms with Crippen molar-refractivity contribution in [3.63, 3.8) is 0 Å². The third-order valence-electron chi connectivity index (χ3n) is 4.41. The zero-order chi connectivity index (χ0) is 16.6.